The van der Waals surface area contributed by atoms with Crippen molar-refractivity contribution in [1.29, 1.82) is 5.53 Å². The number of fused-ring (bicyclic) bond motifs is 1. The van der Waals surface area contributed by atoms with Gasteiger partial charge in [-0.25, -0.2) is 0 Å². The third-order valence-electron chi connectivity index (χ3n) is 3.41. The number of pyridine rings is 1. The zero-order chi connectivity index (χ0) is 16.4. The molecular weight excluding hydrogens is 335 g/mol. The van der Waals surface area contributed by atoms with E-state index >= 15 is 0 Å². The molecule has 0 aliphatic heterocycles. The number of aromatic nitrogens is 3. The highest BCUT2D eigenvalue weighted by Crippen LogP contribution is 2.26. The largest absolute Gasteiger partial charge is 0.258 e. The Morgan fingerprint density at radius 3 is 2.74 bits per heavy atom. The van der Waals surface area contributed by atoms with Crippen LogP contribution in [0.5, 0.6) is 0 Å². The lowest BCUT2D eigenvalue weighted by atomic mass is 10.2. The van der Waals surface area contributed by atoms with E-state index in [0.29, 0.717) is 16.6 Å². The summed E-state index contributed by atoms with van der Waals surface area (Å²) in [6.07, 6.45) is 3.13. The highest BCUT2D eigenvalue weighted by molar-refractivity contribution is 6.36. The number of rotatable bonds is 4. The molecule has 0 saturated carbocycles. The zero-order valence-corrected chi connectivity index (χ0v) is 13.7. The Morgan fingerprint density at radius 1 is 1.30 bits per heavy atom. The van der Waals surface area contributed by atoms with Crippen molar-refractivity contribution in [2.24, 2.45) is 10.3 Å². The third kappa shape index (κ3) is 3.09. The van der Waals surface area contributed by atoms with E-state index in [2.05, 4.69) is 20.4 Å². The number of nitrogens with one attached hydrogen (secondary N) is 1. The first-order valence-electron chi connectivity index (χ1n) is 6.76. The fraction of sp³-hybridized carbons (Fsp3) is 0.133. The number of halogens is 2. The van der Waals surface area contributed by atoms with Crippen LogP contribution in [0, 0.1) is 12.5 Å². The molecule has 0 bridgehead atoms. The third-order valence-corrected chi connectivity index (χ3v) is 4.12. The van der Waals surface area contributed by atoms with E-state index in [0.717, 1.165) is 27.9 Å². The quantitative estimate of drug-likeness (QED) is 0.430. The maximum absolute atomic E-state index is 6.72. The number of aryl methyl sites for hydroxylation is 1. The van der Waals surface area contributed by atoms with E-state index in [-0.39, 0.29) is 0 Å². The average Bonchev–Trinajstić information content (AvgIpc) is 2.85. The van der Waals surface area contributed by atoms with Crippen LogP contribution < -0.4 is 0 Å². The zero-order valence-electron chi connectivity index (χ0n) is 12.2. The van der Waals surface area contributed by atoms with Gasteiger partial charge in [0.1, 0.15) is 5.52 Å². The first kappa shape index (κ1) is 15.6. The van der Waals surface area contributed by atoms with Crippen LogP contribution in [0.2, 0.25) is 10.0 Å². The molecule has 0 saturated heterocycles. The molecule has 0 amide bonds. The summed E-state index contributed by atoms with van der Waals surface area (Å²) >= 11 is 12.5. The summed E-state index contributed by atoms with van der Waals surface area (Å²) in [5, 5.41) is 12.2. The van der Waals surface area contributed by atoms with Crippen LogP contribution in [-0.2, 0) is 6.54 Å². The predicted molar refractivity (Wildman–Crippen MR) is 90.6 cm³/mol. The van der Waals surface area contributed by atoms with E-state index in [1.807, 2.05) is 13.0 Å². The second kappa shape index (κ2) is 6.44. The van der Waals surface area contributed by atoms with Gasteiger partial charge in [-0.1, -0.05) is 34.5 Å². The van der Waals surface area contributed by atoms with Gasteiger partial charge in [0.15, 0.2) is 0 Å². The summed E-state index contributed by atoms with van der Waals surface area (Å²) in [7, 11) is 0. The molecule has 8 heteroatoms. The number of benzene rings is 1. The summed E-state index contributed by atoms with van der Waals surface area (Å²) in [5.41, 5.74) is 10.7. The first-order valence-corrected chi connectivity index (χ1v) is 7.51. The summed E-state index contributed by atoms with van der Waals surface area (Å²) in [4.78, 5) is 4.40. The van der Waals surface area contributed by atoms with Crippen LogP contribution in [0.4, 0.5) is 0 Å². The molecule has 0 spiro atoms. The Morgan fingerprint density at radius 2 is 2.04 bits per heavy atom. The van der Waals surface area contributed by atoms with Gasteiger partial charge < -0.3 is 0 Å². The summed E-state index contributed by atoms with van der Waals surface area (Å²) < 4.78 is 1.81. The molecule has 3 rings (SSSR count). The SMILES string of the molecule is Cc1nn(Cc2c(Cl)cccc2Cl)c2cc(/C=N/N=N)cnc12. The highest BCUT2D eigenvalue weighted by atomic mass is 35.5. The molecule has 2 aromatic heterocycles. The van der Waals surface area contributed by atoms with Crippen molar-refractivity contribution >= 4 is 40.4 Å². The minimum Gasteiger partial charge on any atom is -0.258 e. The van der Waals surface area contributed by atoms with E-state index in [4.69, 9.17) is 28.7 Å². The van der Waals surface area contributed by atoms with Gasteiger partial charge in [0.2, 0.25) is 0 Å². The lowest BCUT2D eigenvalue weighted by Crippen LogP contribution is -2.03. The maximum Gasteiger partial charge on any atom is 0.111 e. The van der Waals surface area contributed by atoms with Crippen molar-refractivity contribution in [2.75, 3.05) is 0 Å². The molecule has 1 aromatic carbocycles. The molecule has 116 valence electrons. The van der Waals surface area contributed by atoms with Crippen molar-refractivity contribution in [3.63, 3.8) is 0 Å². The molecule has 3 aromatic rings. The molecule has 2 heterocycles. The minimum absolute atomic E-state index is 0.438. The Kier molecular flexibility index (Phi) is 4.36. The van der Waals surface area contributed by atoms with E-state index in [1.165, 1.54) is 6.21 Å². The molecule has 0 aliphatic carbocycles. The normalized spacial score (nSPS) is 11.4. The second-order valence-electron chi connectivity index (χ2n) is 4.92. The molecule has 0 aliphatic rings. The Hall–Kier alpha value is -2.31. The standard InChI is InChI=1S/C15H12Cl2N6/c1-9-15-14(5-10(6-19-15)7-20-22-18)23(21-9)8-11-12(16)3-2-4-13(11)17/h2-7,18H,8H2,1H3/b20-7+,22-18?. The predicted octanol–water partition coefficient (Wildman–Crippen LogP) is 4.46. The molecule has 0 unspecified atom stereocenters. The van der Waals surface area contributed by atoms with Gasteiger partial charge in [0.05, 0.1) is 24.0 Å². The van der Waals surface area contributed by atoms with Crippen LogP contribution in [0.25, 0.3) is 11.0 Å². The van der Waals surface area contributed by atoms with Gasteiger partial charge >= 0.3 is 0 Å². The van der Waals surface area contributed by atoms with Gasteiger partial charge in [-0.15, -0.1) is 5.10 Å². The number of hydrogen-bond donors (Lipinski definition) is 1. The summed E-state index contributed by atoms with van der Waals surface area (Å²) in [6, 6.07) is 7.30. The number of hydrogen-bond acceptors (Lipinski definition) is 4. The van der Waals surface area contributed by atoms with Crippen molar-refractivity contribution in [2.45, 2.75) is 13.5 Å². The average molecular weight is 347 g/mol. The summed E-state index contributed by atoms with van der Waals surface area (Å²) in [5.74, 6) is 0. The molecule has 0 fully saturated rings. The van der Waals surface area contributed by atoms with Crippen LogP contribution in [0.1, 0.15) is 16.8 Å². The smallest absolute Gasteiger partial charge is 0.111 e. The van der Waals surface area contributed by atoms with Crippen LogP contribution in [-0.4, -0.2) is 21.0 Å². The van der Waals surface area contributed by atoms with Gasteiger partial charge in [-0.3, -0.25) is 9.67 Å². The maximum atomic E-state index is 6.72. The van der Waals surface area contributed by atoms with Crippen molar-refractivity contribution in [3.05, 3.63) is 57.3 Å². The molecule has 1 N–H and O–H groups in total. The lowest BCUT2D eigenvalue weighted by molar-refractivity contribution is 0.703. The molecular formula is C15H12Cl2N6. The monoisotopic (exact) mass is 346 g/mol. The van der Waals surface area contributed by atoms with Crippen LogP contribution in [0.15, 0.2) is 40.8 Å². The van der Waals surface area contributed by atoms with Gasteiger partial charge in [-0.2, -0.15) is 10.6 Å². The molecule has 6 nitrogen and oxygen atoms in total. The van der Waals surface area contributed by atoms with Crippen LogP contribution in [0.3, 0.4) is 0 Å². The van der Waals surface area contributed by atoms with Gasteiger partial charge in [0, 0.05) is 27.4 Å². The Balaban J connectivity index is 2.10. The van der Waals surface area contributed by atoms with Crippen molar-refractivity contribution < 1.29 is 0 Å². The van der Waals surface area contributed by atoms with E-state index < -0.39 is 0 Å². The topological polar surface area (TPSA) is 79.3 Å². The first-order chi connectivity index (χ1) is 11.1. The van der Waals surface area contributed by atoms with Crippen molar-refractivity contribution in [3.8, 4) is 0 Å². The summed E-state index contributed by atoms with van der Waals surface area (Å²) in [6.45, 7) is 2.33. The van der Waals surface area contributed by atoms with Crippen molar-refractivity contribution in [1.82, 2.24) is 14.8 Å². The minimum atomic E-state index is 0.438. The van der Waals surface area contributed by atoms with Gasteiger partial charge in [-0.05, 0) is 25.1 Å². The van der Waals surface area contributed by atoms with Crippen LogP contribution >= 0.6 is 23.2 Å². The lowest BCUT2D eigenvalue weighted by Gasteiger charge is -2.08. The molecule has 0 atom stereocenters. The fourth-order valence-corrected chi connectivity index (χ4v) is 2.86. The number of nitrogens with zero attached hydrogens (tertiary/aromatic N) is 5. The van der Waals surface area contributed by atoms with E-state index in [9.17, 15) is 0 Å². The van der Waals surface area contributed by atoms with Gasteiger partial charge in [0.25, 0.3) is 0 Å². The Labute approximate surface area is 142 Å². The van der Waals surface area contributed by atoms with E-state index in [1.54, 1.807) is 29.1 Å². The molecule has 23 heavy (non-hydrogen) atoms. The molecule has 0 radical (unpaired) electrons. The highest BCUT2D eigenvalue weighted by Gasteiger charge is 2.13. The second-order valence-corrected chi connectivity index (χ2v) is 5.74. The fourth-order valence-electron chi connectivity index (χ4n) is 2.35. The Bertz CT molecular complexity index is 895.